The van der Waals surface area contributed by atoms with Crippen LogP contribution in [-0.2, 0) is 4.74 Å². The van der Waals surface area contributed by atoms with Crippen molar-refractivity contribution in [2.24, 2.45) is 5.41 Å². The van der Waals surface area contributed by atoms with Gasteiger partial charge in [-0.15, -0.1) is 0 Å². The molecule has 0 aromatic heterocycles. The largest absolute Gasteiger partial charge is 0.392 e. The Morgan fingerprint density at radius 1 is 1.33 bits per heavy atom. The van der Waals surface area contributed by atoms with Crippen molar-refractivity contribution >= 4 is 0 Å². The minimum absolute atomic E-state index is 0.0523. The Morgan fingerprint density at radius 2 is 2.00 bits per heavy atom. The third-order valence-electron chi connectivity index (χ3n) is 4.15. The van der Waals surface area contributed by atoms with Crippen LogP contribution in [0.15, 0.2) is 0 Å². The molecule has 2 aliphatic rings. The lowest BCUT2D eigenvalue weighted by Crippen LogP contribution is -2.64. The van der Waals surface area contributed by atoms with Crippen LogP contribution in [0.3, 0.4) is 0 Å². The van der Waals surface area contributed by atoms with E-state index in [0.717, 1.165) is 25.9 Å². The lowest BCUT2D eigenvalue weighted by molar-refractivity contribution is -0.0892. The van der Waals surface area contributed by atoms with Crippen LogP contribution in [0.4, 0.5) is 0 Å². The molecule has 2 rings (SSSR count). The number of aliphatic hydroxyl groups excluding tert-OH is 1. The highest BCUT2D eigenvalue weighted by atomic mass is 16.5. The first-order valence-corrected chi connectivity index (χ1v) is 6.09. The maximum absolute atomic E-state index is 9.62. The molecule has 0 saturated heterocycles. The summed E-state index contributed by atoms with van der Waals surface area (Å²) in [6.07, 6.45) is 3.52. The van der Waals surface area contributed by atoms with Gasteiger partial charge in [0.1, 0.15) is 0 Å². The minimum atomic E-state index is -0.127. The van der Waals surface area contributed by atoms with Crippen molar-refractivity contribution in [1.82, 2.24) is 5.32 Å². The molecular weight excluding hydrogens is 190 g/mol. The summed E-state index contributed by atoms with van der Waals surface area (Å²) in [5.41, 5.74) is 0.0523. The van der Waals surface area contributed by atoms with Crippen molar-refractivity contribution in [3.63, 3.8) is 0 Å². The molecular formula is C12H23NO2. The van der Waals surface area contributed by atoms with Gasteiger partial charge in [-0.05, 0) is 26.2 Å². The maximum atomic E-state index is 9.62. The third-order valence-corrected chi connectivity index (χ3v) is 4.15. The van der Waals surface area contributed by atoms with E-state index >= 15 is 0 Å². The second kappa shape index (κ2) is 4.04. The van der Waals surface area contributed by atoms with Crippen LogP contribution in [0.1, 0.15) is 40.0 Å². The predicted octanol–water partition coefficient (Wildman–Crippen LogP) is 1.30. The lowest BCUT2D eigenvalue weighted by atomic mass is 9.64. The smallest absolute Gasteiger partial charge is 0.0621 e. The van der Waals surface area contributed by atoms with E-state index in [4.69, 9.17) is 4.74 Å². The highest BCUT2D eigenvalue weighted by Gasteiger charge is 2.48. The predicted molar refractivity (Wildman–Crippen MR) is 59.8 cm³/mol. The van der Waals surface area contributed by atoms with Gasteiger partial charge in [0.15, 0.2) is 0 Å². The molecule has 0 bridgehead atoms. The zero-order valence-electron chi connectivity index (χ0n) is 9.99. The van der Waals surface area contributed by atoms with Gasteiger partial charge in [-0.3, -0.25) is 0 Å². The van der Waals surface area contributed by atoms with Gasteiger partial charge in [-0.1, -0.05) is 13.8 Å². The highest BCUT2D eigenvalue weighted by Crippen LogP contribution is 2.41. The minimum Gasteiger partial charge on any atom is -0.392 e. The standard InChI is InChI=1S/C12H23NO2/c1-4-15-9-5-8(6-9)13-10-7-11(14)12(10,2)3/h8-11,13-14H,4-7H2,1-3H3. The summed E-state index contributed by atoms with van der Waals surface area (Å²) in [7, 11) is 0. The Morgan fingerprint density at radius 3 is 2.47 bits per heavy atom. The van der Waals surface area contributed by atoms with E-state index in [1.165, 1.54) is 0 Å². The topological polar surface area (TPSA) is 41.5 Å². The molecule has 2 N–H and O–H groups in total. The van der Waals surface area contributed by atoms with Gasteiger partial charge >= 0.3 is 0 Å². The number of ether oxygens (including phenoxy) is 1. The summed E-state index contributed by atoms with van der Waals surface area (Å²) < 4.78 is 5.52. The van der Waals surface area contributed by atoms with Crippen molar-refractivity contribution in [2.75, 3.05) is 6.61 Å². The summed E-state index contributed by atoms with van der Waals surface area (Å²) >= 11 is 0. The molecule has 0 aromatic rings. The molecule has 2 saturated carbocycles. The van der Waals surface area contributed by atoms with Crippen LogP contribution in [0.25, 0.3) is 0 Å². The van der Waals surface area contributed by atoms with Gasteiger partial charge in [-0.2, -0.15) is 0 Å². The number of nitrogens with one attached hydrogen (secondary N) is 1. The summed E-state index contributed by atoms with van der Waals surface area (Å²) in [5, 5.41) is 13.2. The first-order valence-electron chi connectivity index (χ1n) is 6.09. The average molecular weight is 213 g/mol. The van der Waals surface area contributed by atoms with E-state index in [1.54, 1.807) is 0 Å². The fourth-order valence-electron chi connectivity index (χ4n) is 2.54. The molecule has 15 heavy (non-hydrogen) atoms. The van der Waals surface area contributed by atoms with E-state index in [0.29, 0.717) is 18.2 Å². The average Bonchev–Trinajstić information content (AvgIpc) is 2.13. The normalized spacial score (nSPS) is 43.2. The van der Waals surface area contributed by atoms with Crippen LogP contribution < -0.4 is 5.32 Å². The van der Waals surface area contributed by atoms with E-state index < -0.39 is 0 Å². The van der Waals surface area contributed by atoms with E-state index in [1.807, 2.05) is 6.92 Å². The highest BCUT2D eigenvalue weighted by molar-refractivity contribution is 5.04. The molecule has 0 radical (unpaired) electrons. The molecule has 0 amide bonds. The van der Waals surface area contributed by atoms with Crippen molar-refractivity contribution in [2.45, 2.75) is 64.3 Å². The molecule has 2 atom stereocenters. The molecule has 2 aliphatic carbocycles. The van der Waals surface area contributed by atoms with Gasteiger partial charge in [0.2, 0.25) is 0 Å². The number of rotatable bonds is 4. The zero-order valence-corrected chi connectivity index (χ0v) is 9.99. The fourth-order valence-corrected chi connectivity index (χ4v) is 2.54. The number of hydrogen-bond acceptors (Lipinski definition) is 3. The van der Waals surface area contributed by atoms with Crippen molar-refractivity contribution in [3.05, 3.63) is 0 Å². The number of hydrogen-bond donors (Lipinski definition) is 2. The first kappa shape index (κ1) is 11.4. The Kier molecular flexibility index (Phi) is 3.06. The van der Waals surface area contributed by atoms with Crippen molar-refractivity contribution in [3.8, 4) is 0 Å². The zero-order chi connectivity index (χ0) is 11.1. The fraction of sp³-hybridized carbons (Fsp3) is 1.00. The SMILES string of the molecule is CCOC1CC(NC2CC(O)C2(C)C)C1. The maximum Gasteiger partial charge on any atom is 0.0621 e. The first-order chi connectivity index (χ1) is 7.04. The van der Waals surface area contributed by atoms with Crippen molar-refractivity contribution in [1.29, 1.82) is 0 Å². The molecule has 3 heteroatoms. The molecule has 0 aromatic carbocycles. The Hall–Kier alpha value is -0.120. The van der Waals surface area contributed by atoms with E-state index in [9.17, 15) is 5.11 Å². The Balaban J connectivity index is 1.68. The van der Waals surface area contributed by atoms with Gasteiger partial charge in [0.05, 0.1) is 12.2 Å². The van der Waals surface area contributed by atoms with Crippen LogP contribution in [0.5, 0.6) is 0 Å². The van der Waals surface area contributed by atoms with Crippen LogP contribution in [0.2, 0.25) is 0 Å². The summed E-state index contributed by atoms with van der Waals surface area (Å²) in [4.78, 5) is 0. The molecule has 88 valence electrons. The lowest BCUT2D eigenvalue weighted by Gasteiger charge is -2.52. The molecule has 0 heterocycles. The summed E-state index contributed by atoms with van der Waals surface area (Å²) in [6.45, 7) is 7.15. The second-order valence-electron chi connectivity index (χ2n) is 5.54. The van der Waals surface area contributed by atoms with Gasteiger partial charge < -0.3 is 15.2 Å². The van der Waals surface area contributed by atoms with Gasteiger partial charge in [0.25, 0.3) is 0 Å². The molecule has 2 fully saturated rings. The third kappa shape index (κ3) is 2.05. The summed E-state index contributed by atoms with van der Waals surface area (Å²) in [5.74, 6) is 0. The molecule has 3 nitrogen and oxygen atoms in total. The van der Waals surface area contributed by atoms with Crippen molar-refractivity contribution < 1.29 is 9.84 Å². The van der Waals surface area contributed by atoms with E-state index in [2.05, 4.69) is 19.2 Å². The molecule has 0 aliphatic heterocycles. The summed E-state index contributed by atoms with van der Waals surface area (Å²) in [6, 6.07) is 1.10. The van der Waals surface area contributed by atoms with E-state index in [-0.39, 0.29) is 11.5 Å². The molecule has 0 spiro atoms. The van der Waals surface area contributed by atoms with Gasteiger partial charge in [0, 0.05) is 24.1 Å². The second-order valence-corrected chi connectivity index (χ2v) is 5.54. The van der Waals surface area contributed by atoms with Crippen LogP contribution >= 0.6 is 0 Å². The van der Waals surface area contributed by atoms with Gasteiger partial charge in [-0.25, -0.2) is 0 Å². The van der Waals surface area contributed by atoms with Crippen LogP contribution in [-0.4, -0.2) is 36.0 Å². The Bertz CT molecular complexity index is 224. The Labute approximate surface area is 92.2 Å². The van der Waals surface area contributed by atoms with Crippen LogP contribution in [0, 0.1) is 5.41 Å². The number of aliphatic hydroxyl groups is 1. The monoisotopic (exact) mass is 213 g/mol. The quantitative estimate of drug-likeness (QED) is 0.739. The molecule has 2 unspecified atom stereocenters.